The van der Waals surface area contributed by atoms with Crippen LogP contribution in [0.2, 0.25) is 0 Å². The molecule has 4 heteroatoms. The Balaban J connectivity index is 2.03. The van der Waals surface area contributed by atoms with Crippen molar-refractivity contribution in [3.8, 4) is 5.75 Å². The van der Waals surface area contributed by atoms with E-state index in [4.69, 9.17) is 4.74 Å². The van der Waals surface area contributed by atoms with Crippen molar-refractivity contribution in [2.24, 2.45) is 0 Å². The smallest absolute Gasteiger partial charge is 0.169 e. The zero-order valence-corrected chi connectivity index (χ0v) is 13.8. The molecule has 1 aromatic rings. The fourth-order valence-corrected chi connectivity index (χ4v) is 4.35. The van der Waals surface area contributed by atoms with E-state index in [0.717, 1.165) is 23.1 Å². The molecule has 0 aromatic heterocycles. The summed E-state index contributed by atoms with van der Waals surface area (Å²) in [7, 11) is 1.52. The van der Waals surface area contributed by atoms with Crippen molar-refractivity contribution in [2.75, 3.05) is 19.4 Å². The van der Waals surface area contributed by atoms with E-state index in [2.05, 4.69) is 12.2 Å². The number of halogens is 1. The molecule has 2 nitrogen and oxygen atoms in total. The number of hydrogen-bond acceptors (Lipinski definition) is 3. The van der Waals surface area contributed by atoms with Crippen LogP contribution in [0.1, 0.15) is 50.6 Å². The zero-order valence-electron chi connectivity index (χ0n) is 13.0. The van der Waals surface area contributed by atoms with Gasteiger partial charge in [-0.2, -0.15) is 11.8 Å². The highest BCUT2D eigenvalue weighted by atomic mass is 32.2. The highest BCUT2D eigenvalue weighted by Gasteiger charge is 2.21. The van der Waals surface area contributed by atoms with Gasteiger partial charge in [-0.05, 0) is 25.5 Å². The predicted octanol–water partition coefficient (Wildman–Crippen LogP) is 4.55. The first-order chi connectivity index (χ1) is 10.3. The monoisotopic (exact) mass is 311 g/mol. The van der Waals surface area contributed by atoms with Crippen molar-refractivity contribution in [3.63, 3.8) is 0 Å². The summed E-state index contributed by atoms with van der Waals surface area (Å²) in [5, 5.41) is 4.16. The molecule has 2 rings (SSSR count). The lowest BCUT2D eigenvalue weighted by Crippen LogP contribution is -2.25. The third kappa shape index (κ3) is 4.62. The molecule has 1 aromatic carbocycles. The van der Waals surface area contributed by atoms with E-state index in [9.17, 15) is 4.39 Å². The molecule has 1 aliphatic carbocycles. The van der Waals surface area contributed by atoms with Crippen LogP contribution in [0.15, 0.2) is 18.2 Å². The van der Waals surface area contributed by atoms with Gasteiger partial charge in [-0.1, -0.05) is 38.3 Å². The fourth-order valence-electron chi connectivity index (χ4n) is 2.92. The van der Waals surface area contributed by atoms with E-state index in [-0.39, 0.29) is 11.9 Å². The van der Waals surface area contributed by atoms with Gasteiger partial charge < -0.3 is 10.1 Å². The topological polar surface area (TPSA) is 21.3 Å². The van der Waals surface area contributed by atoms with Crippen molar-refractivity contribution < 1.29 is 9.13 Å². The summed E-state index contributed by atoms with van der Waals surface area (Å²) < 4.78 is 19.5. The zero-order chi connectivity index (χ0) is 15.1. The van der Waals surface area contributed by atoms with Crippen molar-refractivity contribution in [1.29, 1.82) is 0 Å². The van der Waals surface area contributed by atoms with E-state index < -0.39 is 0 Å². The molecule has 1 atom stereocenters. The second kappa shape index (κ2) is 8.64. The number of nitrogens with one attached hydrogen (secondary N) is 1. The van der Waals surface area contributed by atoms with Crippen LogP contribution in [-0.4, -0.2) is 24.7 Å². The Hall–Kier alpha value is -0.740. The van der Waals surface area contributed by atoms with Crippen LogP contribution in [0, 0.1) is 5.82 Å². The minimum atomic E-state index is -0.227. The van der Waals surface area contributed by atoms with Crippen molar-refractivity contribution in [3.05, 3.63) is 29.6 Å². The summed E-state index contributed by atoms with van der Waals surface area (Å²) in [5.41, 5.74) is 0.722. The highest BCUT2D eigenvalue weighted by Crippen LogP contribution is 2.33. The molecule has 0 heterocycles. The first-order valence-electron chi connectivity index (χ1n) is 7.93. The van der Waals surface area contributed by atoms with E-state index >= 15 is 0 Å². The molecule has 0 bridgehead atoms. The van der Waals surface area contributed by atoms with Crippen LogP contribution in [-0.2, 0) is 0 Å². The number of thioether (sulfide) groups is 1. The first-order valence-corrected chi connectivity index (χ1v) is 8.98. The molecule has 1 fully saturated rings. The average molecular weight is 311 g/mol. The molecule has 1 N–H and O–H groups in total. The van der Waals surface area contributed by atoms with Gasteiger partial charge in [-0.25, -0.2) is 4.39 Å². The van der Waals surface area contributed by atoms with Gasteiger partial charge in [0.25, 0.3) is 0 Å². The minimum Gasteiger partial charge on any atom is -0.494 e. The molecular weight excluding hydrogens is 285 g/mol. The second-order valence-electron chi connectivity index (χ2n) is 5.57. The SMILES string of the molecule is CCNC(CSC1CCCCC1)c1cccc(OC)c1F. The molecule has 0 amide bonds. The number of methoxy groups -OCH3 is 1. The van der Waals surface area contributed by atoms with Gasteiger partial charge in [0.05, 0.1) is 7.11 Å². The molecule has 1 unspecified atom stereocenters. The molecule has 1 aliphatic rings. The van der Waals surface area contributed by atoms with Gasteiger partial charge in [-0.15, -0.1) is 0 Å². The molecule has 21 heavy (non-hydrogen) atoms. The largest absolute Gasteiger partial charge is 0.494 e. The number of benzene rings is 1. The standard InChI is InChI=1S/C17H26FNOS/c1-3-19-15(12-21-13-8-5-4-6-9-13)14-10-7-11-16(20-2)17(14)18/h7,10-11,13,15,19H,3-6,8-9,12H2,1-2H3. The van der Waals surface area contributed by atoms with Crippen molar-refractivity contribution in [1.82, 2.24) is 5.32 Å². The first kappa shape index (κ1) is 16.6. The number of hydrogen-bond donors (Lipinski definition) is 1. The van der Waals surface area contributed by atoms with Crippen LogP contribution >= 0.6 is 11.8 Å². The molecular formula is C17H26FNOS. The Morgan fingerprint density at radius 2 is 2.10 bits per heavy atom. The average Bonchev–Trinajstić information content (AvgIpc) is 2.53. The van der Waals surface area contributed by atoms with Crippen LogP contribution in [0.3, 0.4) is 0 Å². The van der Waals surface area contributed by atoms with Crippen LogP contribution in [0.5, 0.6) is 5.75 Å². The van der Waals surface area contributed by atoms with Gasteiger partial charge in [0, 0.05) is 22.6 Å². The van der Waals surface area contributed by atoms with Crippen LogP contribution in [0.4, 0.5) is 4.39 Å². The quantitative estimate of drug-likeness (QED) is 0.798. The van der Waals surface area contributed by atoms with Gasteiger partial charge in [-0.3, -0.25) is 0 Å². The fraction of sp³-hybridized carbons (Fsp3) is 0.647. The Morgan fingerprint density at radius 3 is 2.76 bits per heavy atom. The van der Waals surface area contributed by atoms with Crippen molar-refractivity contribution in [2.45, 2.75) is 50.3 Å². The second-order valence-corrected chi connectivity index (χ2v) is 6.90. The van der Waals surface area contributed by atoms with E-state index in [1.807, 2.05) is 23.9 Å². The third-order valence-electron chi connectivity index (χ3n) is 4.09. The minimum absolute atomic E-state index is 0.0528. The van der Waals surface area contributed by atoms with Crippen LogP contribution in [0.25, 0.3) is 0 Å². The highest BCUT2D eigenvalue weighted by molar-refractivity contribution is 7.99. The van der Waals surface area contributed by atoms with Gasteiger partial charge in [0.1, 0.15) is 0 Å². The van der Waals surface area contributed by atoms with E-state index in [1.54, 1.807) is 6.07 Å². The normalized spacial score (nSPS) is 17.7. The Labute approximate surface area is 131 Å². The summed E-state index contributed by atoms with van der Waals surface area (Å²) in [6.45, 7) is 2.91. The molecule has 0 spiro atoms. The summed E-state index contributed by atoms with van der Waals surface area (Å²) in [4.78, 5) is 0. The number of rotatable bonds is 7. The van der Waals surface area contributed by atoms with Crippen molar-refractivity contribution >= 4 is 11.8 Å². The van der Waals surface area contributed by atoms with E-state index in [1.165, 1.54) is 39.2 Å². The lowest BCUT2D eigenvalue weighted by molar-refractivity contribution is 0.381. The maximum atomic E-state index is 14.4. The summed E-state index contributed by atoms with van der Waals surface area (Å²) in [6, 6.07) is 5.47. The predicted molar refractivity (Wildman–Crippen MR) is 88.7 cm³/mol. The molecule has 0 aliphatic heterocycles. The number of ether oxygens (including phenoxy) is 1. The molecule has 118 valence electrons. The summed E-state index contributed by atoms with van der Waals surface area (Å²) in [5.74, 6) is 1.02. The Kier molecular flexibility index (Phi) is 6.84. The molecule has 1 saturated carbocycles. The third-order valence-corrected chi connectivity index (χ3v) is 5.56. The van der Waals surface area contributed by atoms with Gasteiger partial charge in [0.15, 0.2) is 11.6 Å². The maximum Gasteiger partial charge on any atom is 0.169 e. The maximum absolute atomic E-state index is 14.4. The van der Waals surface area contributed by atoms with E-state index in [0.29, 0.717) is 5.75 Å². The summed E-state index contributed by atoms with van der Waals surface area (Å²) >= 11 is 1.99. The van der Waals surface area contributed by atoms with Gasteiger partial charge in [0.2, 0.25) is 0 Å². The lowest BCUT2D eigenvalue weighted by Gasteiger charge is -2.25. The van der Waals surface area contributed by atoms with Gasteiger partial charge >= 0.3 is 0 Å². The Bertz CT molecular complexity index is 435. The molecule has 0 saturated heterocycles. The summed E-state index contributed by atoms with van der Waals surface area (Å²) in [6.07, 6.45) is 6.68. The lowest BCUT2D eigenvalue weighted by atomic mass is 10.0. The molecule has 0 radical (unpaired) electrons. The Morgan fingerprint density at radius 1 is 1.33 bits per heavy atom. The van der Waals surface area contributed by atoms with Crippen LogP contribution < -0.4 is 10.1 Å².